The van der Waals surface area contributed by atoms with Gasteiger partial charge in [0.1, 0.15) is 5.25 Å². The van der Waals surface area contributed by atoms with Crippen molar-refractivity contribution in [1.29, 1.82) is 0 Å². The number of rotatable bonds is 5. The Bertz CT molecular complexity index is 737. The highest BCUT2D eigenvalue weighted by Gasteiger charge is 2.44. The number of sulfone groups is 1. The molecule has 7 heteroatoms. The van der Waals surface area contributed by atoms with Gasteiger partial charge in [0.05, 0.1) is 5.75 Å². The molecule has 1 heterocycles. The Balaban J connectivity index is 1.71. The predicted octanol–water partition coefficient (Wildman–Crippen LogP) is 2.88. The van der Waals surface area contributed by atoms with E-state index in [1.165, 1.54) is 6.92 Å². The molecule has 132 valence electrons. The van der Waals surface area contributed by atoms with E-state index in [0.29, 0.717) is 23.6 Å². The molecule has 1 aromatic rings. The van der Waals surface area contributed by atoms with Crippen LogP contribution in [0.3, 0.4) is 0 Å². The second kappa shape index (κ2) is 6.27. The minimum atomic E-state index is -3.43. The number of hydrogen-bond donors (Lipinski definition) is 1. The number of hydrogen-bond acceptors (Lipinski definition) is 5. The first-order valence-electron chi connectivity index (χ1n) is 8.40. The van der Waals surface area contributed by atoms with Crippen LogP contribution in [0.1, 0.15) is 46.0 Å². The quantitative estimate of drug-likeness (QED) is 0.880. The van der Waals surface area contributed by atoms with Crippen LogP contribution in [0, 0.1) is 0 Å². The van der Waals surface area contributed by atoms with Gasteiger partial charge in [0.15, 0.2) is 21.3 Å². The second-order valence-corrected chi connectivity index (χ2v) is 8.92. The minimum Gasteiger partial charge on any atom is -0.448 e. The molecule has 0 bridgehead atoms. The summed E-state index contributed by atoms with van der Waals surface area (Å²) in [5.74, 6) is 0.187. The van der Waals surface area contributed by atoms with Crippen molar-refractivity contribution in [2.45, 2.75) is 57.0 Å². The largest absolute Gasteiger partial charge is 0.448 e. The number of carbonyl (C=O) groups is 1. The normalized spacial score (nSPS) is 19.4. The number of fused-ring (bicyclic) bond motifs is 1. The van der Waals surface area contributed by atoms with Gasteiger partial charge in [-0.05, 0) is 38.3 Å². The zero-order valence-corrected chi connectivity index (χ0v) is 14.8. The van der Waals surface area contributed by atoms with Gasteiger partial charge in [-0.3, -0.25) is 4.79 Å². The van der Waals surface area contributed by atoms with E-state index in [9.17, 15) is 13.2 Å². The molecule has 1 aromatic carbocycles. The lowest BCUT2D eigenvalue weighted by molar-refractivity contribution is -0.115. The Morgan fingerprint density at radius 2 is 1.92 bits per heavy atom. The third-order valence-electron chi connectivity index (χ3n) is 4.57. The molecule has 1 spiro atoms. The summed E-state index contributed by atoms with van der Waals surface area (Å²) in [6, 6.07) is 5.15. The fourth-order valence-corrected chi connectivity index (χ4v) is 4.47. The van der Waals surface area contributed by atoms with Crippen molar-refractivity contribution in [2.24, 2.45) is 0 Å². The monoisotopic (exact) mass is 353 g/mol. The molecule has 0 saturated heterocycles. The first-order chi connectivity index (χ1) is 11.4. The van der Waals surface area contributed by atoms with E-state index >= 15 is 0 Å². The van der Waals surface area contributed by atoms with Crippen molar-refractivity contribution in [3.63, 3.8) is 0 Å². The molecule has 1 atom stereocenters. The molecule has 1 saturated carbocycles. The summed E-state index contributed by atoms with van der Waals surface area (Å²) in [5, 5.41) is 1.58. The molecule has 0 aromatic heterocycles. The van der Waals surface area contributed by atoms with Crippen molar-refractivity contribution in [1.82, 2.24) is 0 Å². The second-order valence-electron chi connectivity index (χ2n) is 6.48. The molecule has 6 nitrogen and oxygen atoms in total. The van der Waals surface area contributed by atoms with E-state index in [1.807, 2.05) is 0 Å². The Hall–Kier alpha value is -1.76. The van der Waals surface area contributed by atoms with Gasteiger partial charge in [-0.25, -0.2) is 8.42 Å². The van der Waals surface area contributed by atoms with E-state index in [4.69, 9.17) is 9.47 Å². The van der Waals surface area contributed by atoms with Crippen molar-refractivity contribution in [3.05, 3.63) is 18.2 Å². The average Bonchev–Trinajstić information content (AvgIpc) is 3.12. The molecular weight excluding hydrogens is 330 g/mol. The topological polar surface area (TPSA) is 81.7 Å². The van der Waals surface area contributed by atoms with Gasteiger partial charge in [0.2, 0.25) is 5.91 Å². The fourth-order valence-electron chi connectivity index (χ4n) is 3.16. The molecular formula is C17H23NO5S. The van der Waals surface area contributed by atoms with Gasteiger partial charge >= 0.3 is 0 Å². The Labute approximate surface area is 142 Å². The standard InChI is InChI=1S/C17H23NO5S/c1-3-10-24(20,21)12(2)16(19)18-13-6-7-14-15(11-13)23-17(22-14)8-4-5-9-17/h6-7,11-12H,3-5,8-10H2,1-2H3,(H,18,19). The number of carbonyl (C=O) groups excluding carboxylic acids is 1. The van der Waals surface area contributed by atoms with Gasteiger partial charge < -0.3 is 14.8 Å². The van der Waals surface area contributed by atoms with E-state index in [-0.39, 0.29) is 5.75 Å². The molecule has 24 heavy (non-hydrogen) atoms. The van der Waals surface area contributed by atoms with Crippen LogP contribution in [0.4, 0.5) is 5.69 Å². The van der Waals surface area contributed by atoms with E-state index in [1.54, 1.807) is 25.1 Å². The molecule has 1 aliphatic heterocycles. The molecule has 2 aliphatic rings. The minimum absolute atomic E-state index is 0.00520. The molecule has 1 aliphatic carbocycles. The van der Waals surface area contributed by atoms with E-state index < -0.39 is 26.8 Å². The van der Waals surface area contributed by atoms with Crippen molar-refractivity contribution in [3.8, 4) is 11.5 Å². The maximum Gasteiger partial charge on any atom is 0.251 e. The zero-order chi connectivity index (χ0) is 17.4. The van der Waals surface area contributed by atoms with Gasteiger partial charge in [0, 0.05) is 24.6 Å². The van der Waals surface area contributed by atoms with Crippen LogP contribution in [0.5, 0.6) is 11.5 Å². The lowest BCUT2D eigenvalue weighted by Gasteiger charge is -2.21. The predicted molar refractivity (Wildman–Crippen MR) is 91.1 cm³/mol. The molecule has 3 rings (SSSR count). The summed E-state index contributed by atoms with van der Waals surface area (Å²) in [6.45, 7) is 3.19. The molecule has 1 fully saturated rings. The molecule has 0 radical (unpaired) electrons. The molecule has 1 N–H and O–H groups in total. The summed E-state index contributed by atoms with van der Waals surface area (Å²) < 4.78 is 35.9. The van der Waals surface area contributed by atoms with Crippen molar-refractivity contribution < 1.29 is 22.7 Å². The third kappa shape index (κ3) is 3.22. The van der Waals surface area contributed by atoms with E-state index in [0.717, 1.165) is 25.7 Å². The zero-order valence-electron chi connectivity index (χ0n) is 14.0. The van der Waals surface area contributed by atoms with Crippen LogP contribution >= 0.6 is 0 Å². The van der Waals surface area contributed by atoms with Gasteiger partial charge in [-0.15, -0.1) is 0 Å². The number of anilines is 1. The Kier molecular flexibility index (Phi) is 4.46. The first kappa shape index (κ1) is 17.1. The van der Waals surface area contributed by atoms with E-state index in [2.05, 4.69) is 5.32 Å². The van der Waals surface area contributed by atoms with Gasteiger partial charge in [-0.2, -0.15) is 0 Å². The maximum atomic E-state index is 12.2. The summed E-state index contributed by atoms with van der Waals surface area (Å²) in [6.07, 6.45) is 4.35. The van der Waals surface area contributed by atoms with Crippen LogP contribution < -0.4 is 14.8 Å². The SMILES string of the molecule is CCCS(=O)(=O)C(C)C(=O)Nc1ccc2c(c1)OC1(CCCC1)O2. The van der Waals surface area contributed by atoms with Crippen molar-refractivity contribution in [2.75, 3.05) is 11.1 Å². The van der Waals surface area contributed by atoms with Crippen molar-refractivity contribution >= 4 is 21.4 Å². The lowest BCUT2D eigenvalue weighted by atomic mass is 10.2. The highest BCUT2D eigenvalue weighted by Crippen LogP contribution is 2.47. The Morgan fingerprint density at radius 1 is 1.25 bits per heavy atom. The smallest absolute Gasteiger partial charge is 0.251 e. The maximum absolute atomic E-state index is 12.2. The molecule has 1 unspecified atom stereocenters. The fraction of sp³-hybridized carbons (Fsp3) is 0.588. The first-order valence-corrected chi connectivity index (χ1v) is 10.1. The summed E-state index contributed by atoms with van der Waals surface area (Å²) in [4.78, 5) is 12.2. The summed E-state index contributed by atoms with van der Waals surface area (Å²) in [7, 11) is -3.43. The summed E-state index contributed by atoms with van der Waals surface area (Å²) >= 11 is 0. The summed E-state index contributed by atoms with van der Waals surface area (Å²) in [5.41, 5.74) is 0.510. The highest BCUT2D eigenvalue weighted by atomic mass is 32.2. The van der Waals surface area contributed by atoms with Crippen LogP contribution in [-0.4, -0.2) is 31.1 Å². The van der Waals surface area contributed by atoms with Crippen LogP contribution in [0.2, 0.25) is 0 Å². The number of amides is 1. The number of ether oxygens (including phenoxy) is 2. The number of nitrogens with one attached hydrogen (secondary N) is 1. The highest BCUT2D eigenvalue weighted by molar-refractivity contribution is 7.92. The van der Waals surface area contributed by atoms with Crippen LogP contribution in [0.15, 0.2) is 18.2 Å². The Morgan fingerprint density at radius 3 is 2.58 bits per heavy atom. The van der Waals surface area contributed by atoms with Crippen LogP contribution in [0.25, 0.3) is 0 Å². The third-order valence-corrected chi connectivity index (χ3v) is 6.83. The molecule has 1 amide bonds. The lowest BCUT2D eigenvalue weighted by Crippen LogP contribution is -2.34. The number of benzene rings is 1. The average molecular weight is 353 g/mol. The van der Waals surface area contributed by atoms with Gasteiger partial charge in [-0.1, -0.05) is 6.92 Å². The van der Waals surface area contributed by atoms with Gasteiger partial charge in [0.25, 0.3) is 5.79 Å². The van der Waals surface area contributed by atoms with Crippen LogP contribution in [-0.2, 0) is 14.6 Å².